The van der Waals surface area contributed by atoms with E-state index < -0.39 is 38.2 Å². The van der Waals surface area contributed by atoms with Crippen LogP contribution in [0, 0.1) is 11.6 Å². The van der Waals surface area contributed by atoms with Crippen LogP contribution in [-0.2, 0) is 14.8 Å². The molecule has 5 nitrogen and oxygen atoms in total. The molecule has 0 heterocycles. The minimum atomic E-state index is -4.34. The molecule has 0 aliphatic carbocycles. The highest BCUT2D eigenvalue weighted by Gasteiger charge is 2.22. The number of anilines is 1. The van der Waals surface area contributed by atoms with Gasteiger partial charge in [-0.3, -0.25) is 4.72 Å². The number of esters is 1. The zero-order valence-electron chi connectivity index (χ0n) is 11.6. The highest BCUT2D eigenvalue weighted by atomic mass is 35.5. The summed E-state index contributed by atoms with van der Waals surface area (Å²) in [6, 6.07) is 5.75. The summed E-state index contributed by atoms with van der Waals surface area (Å²) < 4.78 is 57.7. The fraction of sp³-hybridized carbons (Fsp3) is 0.0714. The molecule has 0 bridgehead atoms. The molecule has 0 aromatic heterocycles. The lowest BCUT2D eigenvalue weighted by molar-refractivity contribution is 0.0600. The van der Waals surface area contributed by atoms with Crippen LogP contribution in [-0.4, -0.2) is 21.5 Å². The van der Waals surface area contributed by atoms with Gasteiger partial charge in [-0.1, -0.05) is 11.6 Å². The molecule has 0 unspecified atom stereocenters. The first kappa shape index (κ1) is 17.2. The van der Waals surface area contributed by atoms with Crippen molar-refractivity contribution in [2.45, 2.75) is 4.90 Å². The molecule has 0 amide bonds. The Labute approximate surface area is 135 Å². The lowest BCUT2D eigenvalue weighted by Gasteiger charge is -2.11. The van der Waals surface area contributed by atoms with Gasteiger partial charge in [-0.2, -0.15) is 0 Å². The summed E-state index contributed by atoms with van der Waals surface area (Å²) in [5.41, 5.74) is -0.637. The fourth-order valence-corrected chi connectivity index (χ4v) is 3.31. The van der Waals surface area contributed by atoms with Crippen molar-refractivity contribution in [1.82, 2.24) is 0 Å². The maximum absolute atomic E-state index is 13.6. The second-order valence-corrected chi connectivity index (χ2v) is 6.42. The summed E-state index contributed by atoms with van der Waals surface area (Å²) in [5.74, 6) is -2.55. The van der Waals surface area contributed by atoms with Crippen molar-refractivity contribution in [2.75, 3.05) is 11.8 Å². The number of nitrogens with one attached hydrogen (secondary N) is 1. The molecule has 0 aliphatic heterocycles. The largest absolute Gasteiger partial charge is 0.465 e. The Morgan fingerprint density at radius 2 is 1.87 bits per heavy atom. The maximum Gasteiger partial charge on any atom is 0.337 e. The molecule has 2 rings (SSSR count). The second kappa shape index (κ2) is 6.51. The topological polar surface area (TPSA) is 72.5 Å². The van der Waals surface area contributed by atoms with Gasteiger partial charge in [0.1, 0.15) is 16.5 Å². The highest BCUT2D eigenvalue weighted by Crippen LogP contribution is 2.26. The van der Waals surface area contributed by atoms with Crippen molar-refractivity contribution in [3.05, 3.63) is 58.6 Å². The van der Waals surface area contributed by atoms with Crippen molar-refractivity contribution in [2.24, 2.45) is 0 Å². The third-order valence-electron chi connectivity index (χ3n) is 2.81. The number of rotatable bonds is 4. The molecule has 122 valence electrons. The molecule has 0 fully saturated rings. The lowest BCUT2D eigenvalue weighted by atomic mass is 10.2. The number of hydrogen-bond donors (Lipinski definition) is 1. The smallest absolute Gasteiger partial charge is 0.337 e. The Bertz CT molecular complexity index is 871. The first-order valence-corrected chi connectivity index (χ1v) is 7.96. The molecule has 0 radical (unpaired) electrons. The molecule has 0 saturated carbocycles. The van der Waals surface area contributed by atoms with Gasteiger partial charge in [0.2, 0.25) is 0 Å². The van der Waals surface area contributed by atoms with Crippen LogP contribution >= 0.6 is 11.6 Å². The first-order valence-electron chi connectivity index (χ1n) is 6.10. The van der Waals surface area contributed by atoms with Gasteiger partial charge in [0.25, 0.3) is 10.0 Å². The molecular formula is C14H10ClF2NO4S. The van der Waals surface area contributed by atoms with Crippen LogP contribution in [0.1, 0.15) is 10.4 Å². The average Bonchev–Trinajstić information content (AvgIpc) is 2.50. The van der Waals surface area contributed by atoms with E-state index >= 15 is 0 Å². The van der Waals surface area contributed by atoms with Gasteiger partial charge in [0.15, 0.2) is 0 Å². The van der Waals surface area contributed by atoms with Gasteiger partial charge in [0.05, 0.1) is 23.4 Å². The van der Waals surface area contributed by atoms with Crippen molar-refractivity contribution in [3.8, 4) is 0 Å². The Kier molecular flexibility index (Phi) is 4.86. The SMILES string of the molecule is COC(=O)c1ccc(Cl)c(S(=O)(=O)Nc2cc(F)ccc2F)c1. The van der Waals surface area contributed by atoms with Crippen LogP contribution in [0.3, 0.4) is 0 Å². The molecule has 0 spiro atoms. The predicted octanol–water partition coefficient (Wildman–Crippen LogP) is 3.21. The van der Waals surface area contributed by atoms with E-state index in [2.05, 4.69) is 4.74 Å². The van der Waals surface area contributed by atoms with E-state index in [1.807, 2.05) is 4.72 Å². The first-order chi connectivity index (χ1) is 10.7. The standard InChI is InChI=1S/C14H10ClF2NO4S/c1-22-14(19)8-2-4-10(15)13(6-8)23(20,21)18-12-7-9(16)3-5-11(12)17/h2-7,18H,1H3. The Balaban J connectivity index is 2.47. The van der Waals surface area contributed by atoms with Crippen LogP contribution in [0.5, 0.6) is 0 Å². The van der Waals surface area contributed by atoms with Crippen LogP contribution in [0.25, 0.3) is 0 Å². The van der Waals surface area contributed by atoms with E-state index in [0.717, 1.165) is 25.3 Å². The summed E-state index contributed by atoms with van der Waals surface area (Å²) in [7, 11) is -3.21. The van der Waals surface area contributed by atoms with Gasteiger partial charge in [-0.15, -0.1) is 0 Å². The normalized spacial score (nSPS) is 11.1. The van der Waals surface area contributed by atoms with E-state index in [4.69, 9.17) is 11.6 Å². The number of methoxy groups -OCH3 is 1. The van der Waals surface area contributed by atoms with Crippen LogP contribution in [0.4, 0.5) is 14.5 Å². The Morgan fingerprint density at radius 3 is 2.52 bits per heavy atom. The van der Waals surface area contributed by atoms with E-state index in [1.165, 1.54) is 12.1 Å². The fourth-order valence-electron chi connectivity index (χ4n) is 1.73. The van der Waals surface area contributed by atoms with Gasteiger partial charge in [0, 0.05) is 6.07 Å². The summed E-state index contributed by atoms with van der Waals surface area (Å²) in [6.07, 6.45) is 0. The predicted molar refractivity (Wildman–Crippen MR) is 80.0 cm³/mol. The number of benzene rings is 2. The lowest BCUT2D eigenvalue weighted by Crippen LogP contribution is -2.15. The van der Waals surface area contributed by atoms with Gasteiger partial charge in [-0.05, 0) is 30.3 Å². The van der Waals surface area contributed by atoms with Crippen LogP contribution in [0.2, 0.25) is 5.02 Å². The van der Waals surface area contributed by atoms with Crippen molar-refractivity contribution in [3.63, 3.8) is 0 Å². The molecule has 0 saturated heterocycles. The van der Waals surface area contributed by atoms with Gasteiger partial charge < -0.3 is 4.74 Å². The molecule has 1 N–H and O–H groups in total. The molecule has 0 aliphatic rings. The number of carbonyl (C=O) groups is 1. The number of sulfonamides is 1. The molecule has 2 aromatic rings. The van der Waals surface area contributed by atoms with Gasteiger partial charge >= 0.3 is 5.97 Å². The number of halogens is 3. The Hall–Kier alpha value is -2.19. The van der Waals surface area contributed by atoms with E-state index in [0.29, 0.717) is 6.07 Å². The molecule has 9 heteroatoms. The van der Waals surface area contributed by atoms with Crippen LogP contribution in [0.15, 0.2) is 41.3 Å². The quantitative estimate of drug-likeness (QED) is 0.849. The zero-order chi connectivity index (χ0) is 17.2. The van der Waals surface area contributed by atoms with Crippen molar-refractivity contribution >= 4 is 33.3 Å². The van der Waals surface area contributed by atoms with E-state index in [-0.39, 0.29) is 10.6 Å². The van der Waals surface area contributed by atoms with E-state index in [9.17, 15) is 22.0 Å². The second-order valence-electron chi connectivity index (χ2n) is 4.37. The van der Waals surface area contributed by atoms with Crippen LogP contribution < -0.4 is 4.72 Å². The average molecular weight is 362 g/mol. The summed E-state index contributed by atoms with van der Waals surface area (Å²) in [5, 5.41) is -0.193. The molecular weight excluding hydrogens is 352 g/mol. The summed E-state index contributed by atoms with van der Waals surface area (Å²) in [6.45, 7) is 0. The third-order valence-corrected chi connectivity index (χ3v) is 4.66. The summed E-state index contributed by atoms with van der Waals surface area (Å²) in [4.78, 5) is 11.0. The van der Waals surface area contributed by atoms with Crippen molar-refractivity contribution < 1.29 is 26.7 Å². The molecule has 0 atom stereocenters. The number of ether oxygens (including phenoxy) is 1. The maximum atomic E-state index is 13.6. The Morgan fingerprint density at radius 1 is 1.17 bits per heavy atom. The number of carbonyl (C=O) groups excluding carboxylic acids is 1. The zero-order valence-corrected chi connectivity index (χ0v) is 13.2. The van der Waals surface area contributed by atoms with Gasteiger partial charge in [-0.25, -0.2) is 22.0 Å². The molecule has 23 heavy (non-hydrogen) atoms. The monoisotopic (exact) mass is 361 g/mol. The highest BCUT2D eigenvalue weighted by molar-refractivity contribution is 7.92. The minimum Gasteiger partial charge on any atom is -0.465 e. The minimum absolute atomic E-state index is 0.0583. The summed E-state index contributed by atoms with van der Waals surface area (Å²) >= 11 is 5.83. The van der Waals surface area contributed by atoms with Crippen molar-refractivity contribution in [1.29, 1.82) is 0 Å². The third kappa shape index (κ3) is 3.77. The number of hydrogen-bond acceptors (Lipinski definition) is 4. The van der Waals surface area contributed by atoms with E-state index in [1.54, 1.807) is 0 Å². The molecule has 2 aromatic carbocycles.